The maximum absolute atomic E-state index is 13.1. The molecule has 0 aliphatic carbocycles. The lowest BCUT2D eigenvalue weighted by Gasteiger charge is -2.22. The van der Waals surface area contributed by atoms with Gasteiger partial charge in [-0.25, -0.2) is 0 Å². The van der Waals surface area contributed by atoms with Gasteiger partial charge in [-0.3, -0.25) is 0 Å². The van der Waals surface area contributed by atoms with E-state index in [1.807, 2.05) is 6.92 Å². The first-order valence-corrected chi connectivity index (χ1v) is 8.13. The molecule has 120 valence electrons. The number of hydrogen-bond donors (Lipinski definition) is 1. The molecule has 0 aromatic heterocycles. The minimum absolute atomic E-state index is 0.0272. The van der Waals surface area contributed by atoms with Crippen LogP contribution in [0.2, 0.25) is 0 Å². The van der Waals surface area contributed by atoms with Crippen molar-refractivity contribution in [2.75, 3.05) is 0 Å². The highest BCUT2D eigenvalue weighted by atomic mass is 79.9. The van der Waals surface area contributed by atoms with E-state index < -0.39 is 17.8 Å². The van der Waals surface area contributed by atoms with E-state index >= 15 is 0 Å². The number of rotatable bonds is 7. The Hall–Kier alpha value is -0.550. The number of benzene rings is 1. The third-order valence-electron chi connectivity index (χ3n) is 3.78. The molecular weight excluding hydrogens is 345 g/mol. The molecule has 0 amide bonds. The van der Waals surface area contributed by atoms with Crippen LogP contribution in [0.3, 0.4) is 0 Å². The van der Waals surface area contributed by atoms with Crippen molar-refractivity contribution in [3.8, 4) is 0 Å². The summed E-state index contributed by atoms with van der Waals surface area (Å²) in [6, 6.07) is 3.94. The second-order valence-corrected chi connectivity index (χ2v) is 6.31. The van der Waals surface area contributed by atoms with E-state index in [-0.39, 0.29) is 11.5 Å². The number of aliphatic hydroxyl groups is 1. The lowest BCUT2D eigenvalue weighted by molar-refractivity contribution is -0.139. The highest BCUT2D eigenvalue weighted by Gasteiger charge is 2.35. The Bertz CT molecular complexity index is 446. The Kier molecular flexibility index (Phi) is 7.21. The fourth-order valence-corrected chi connectivity index (χ4v) is 2.85. The molecule has 0 heterocycles. The molecule has 1 aromatic carbocycles. The second kappa shape index (κ2) is 8.18. The van der Waals surface area contributed by atoms with Crippen LogP contribution in [-0.4, -0.2) is 5.11 Å². The average Bonchev–Trinajstić information content (AvgIpc) is 2.42. The zero-order chi connectivity index (χ0) is 16.0. The molecule has 1 rings (SSSR count). The van der Waals surface area contributed by atoms with Crippen molar-refractivity contribution >= 4 is 15.9 Å². The highest BCUT2D eigenvalue weighted by molar-refractivity contribution is 9.10. The summed E-state index contributed by atoms with van der Waals surface area (Å²) in [5, 5.41) is 10.2. The summed E-state index contributed by atoms with van der Waals surface area (Å²) in [5.74, 6) is 0.254. The SMILES string of the molecule is CCCCC(CC)CC(O)c1ccc(Br)cc1C(F)(F)F. The van der Waals surface area contributed by atoms with Crippen LogP contribution in [0.4, 0.5) is 13.2 Å². The van der Waals surface area contributed by atoms with Crippen LogP contribution < -0.4 is 0 Å². The molecular formula is C16H22BrF3O. The van der Waals surface area contributed by atoms with Crippen molar-refractivity contribution in [3.05, 3.63) is 33.8 Å². The molecule has 0 spiro atoms. The maximum Gasteiger partial charge on any atom is 0.416 e. The first kappa shape index (κ1) is 18.5. The van der Waals surface area contributed by atoms with Crippen molar-refractivity contribution in [1.29, 1.82) is 0 Å². The second-order valence-electron chi connectivity index (χ2n) is 5.40. The number of halogens is 4. The number of hydrogen-bond acceptors (Lipinski definition) is 1. The Morgan fingerprint density at radius 2 is 1.90 bits per heavy atom. The predicted molar refractivity (Wildman–Crippen MR) is 82.0 cm³/mol. The molecule has 5 heteroatoms. The zero-order valence-corrected chi connectivity index (χ0v) is 14.0. The molecule has 0 fully saturated rings. The zero-order valence-electron chi connectivity index (χ0n) is 12.4. The summed E-state index contributed by atoms with van der Waals surface area (Å²) in [7, 11) is 0. The quantitative estimate of drug-likeness (QED) is 0.617. The third-order valence-corrected chi connectivity index (χ3v) is 4.27. The van der Waals surface area contributed by atoms with Gasteiger partial charge in [-0.1, -0.05) is 61.5 Å². The molecule has 2 unspecified atom stereocenters. The first-order valence-electron chi connectivity index (χ1n) is 7.34. The van der Waals surface area contributed by atoms with Gasteiger partial charge in [0.05, 0.1) is 11.7 Å². The van der Waals surface area contributed by atoms with E-state index in [9.17, 15) is 18.3 Å². The standard InChI is InChI=1S/C16H22BrF3O/c1-3-5-6-11(4-2)9-15(21)13-8-7-12(17)10-14(13)16(18,19)20/h7-8,10-11,15,21H,3-6,9H2,1-2H3. The van der Waals surface area contributed by atoms with Crippen LogP contribution in [0.1, 0.15) is 63.2 Å². The van der Waals surface area contributed by atoms with E-state index in [4.69, 9.17) is 0 Å². The number of alkyl halides is 3. The van der Waals surface area contributed by atoms with Gasteiger partial charge in [-0.05, 0) is 30.0 Å². The molecule has 1 aromatic rings. The Labute approximate surface area is 132 Å². The Morgan fingerprint density at radius 1 is 1.24 bits per heavy atom. The van der Waals surface area contributed by atoms with Crippen molar-refractivity contribution < 1.29 is 18.3 Å². The maximum atomic E-state index is 13.1. The molecule has 0 saturated heterocycles. The summed E-state index contributed by atoms with van der Waals surface area (Å²) in [6.45, 7) is 4.10. The summed E-state index contributed by atoms with van der Waals surface area (Å²) < 4.78 is 39.6. The van der Waals surface area contributed by atoms with Crippen LogP contribution in [0, 0.1) is 5.92 Å². The smallest absolute Gasteiger partial charge is 0.388 e. The van der Waals surface area contributed by atoms with Crippen molar-refractivity contribution in [1.82, 2.24) is 0 Å². The van der Waals surface area contributed by atoms with Crippen LogP contribution in [-0.2, 0) is 6.18 Å². The largest absolute Gasteiger partial charge is 0.416 e. The van der Waals surface area contributed by atoms with Gasteiger partial charge in [0, 0.05) is 4.47 Å². The van der Waals surface area contributed by atoms with E-state index in [1.165, 1.54) is 6.07 Å². The molecule has 0 aliphatic heterocycles. The molecule has 2 atom stereocenters. The molecule has 0 radical (unpaired) electrons. The van der Waals surface area contributed by atoms with Gasteiger partial charge in [-0.15, -0.1) is 0 Å². The summed E-state index contributed by atoms with van der Waals surface area (Å²) in [5.41, 5.74) is -0.782. The molecule has 0 saturated carbocycles. The fourth-order valence-electron chi connectivity index (χ4n) is 2.49. The minimum atomic E-state index is -4.45. The van der Waals surface area contributed by atoms with Crippen LogP contribution >= 0.6 is 15.9 Å². The van der Waals surface area contributed by atoms with Gasteiger partial charge >= 0.3 is 6.18 Å². The van der Waals surface area contributed by atoms with E-state index in [0.717, 1.165) is 31.7 Å². The summed E-state index contributed by atoms with van der Waals surface area (Å²) >= 11 is 3.05. The van der Waals surface area contributed by atoms with Crippen molar-refractivity contribution in [2.45, 2.75) is 58.2 Å². The minimum Gasteiger partial charge on any atom is -0.388 e. The normalized spacial score (nSPS) is 15.0. The van der Waals surface area contributed by atoms with E-state index in [2.05, 4.69) is 22.9 Å². The topological polar surface area (TPSA) is 20.2 Å². The lowest BCUT2D eigenvalue weighted by Crippen LogP contribution is -2.14. The number of aliphatic hydroxyl groups excluding tert-OH is 1. The van der Waals surface area contributed by atoms with E-state index in [1.54, 1.807) is 6.07 Å². The van der Waals surface area contributed by atoms with Crippen LogP contribution in [0.15, 0.2) is 22.7 Å². The van der Waals surface area contributed by atoms with Gasteiger partial charge in [0.1, 0.15) is 0 Å². The number of unbranched alkanes of at least 4 members (excludes halogenated alkanes) is 1. The monoisotopic (exact) mass is 366 g/mol. The lowest BCUT2D eigenvalue weighted by atomic mass is 9.89. The van der Waals surface area contributed by atoms with Crippen LogP contribution in [0.25, 0.3) is 0 Å². The van der Waals surface area contributed by atoms with Gasteiger partial charge in [0.2, 0.25) is 0 Å². The molecule has 1 N–H and O–H groups in total. The van der Waals surface area contributed by atoms with Gasteiger partial charge < -0.3 is 5.11 Å². The molecule has 0 aliphatic rings. The molecule has 21 heavy (non-hydrogen) atoms. The Balaban J connectivity index is 2.93. The van der Waals surface area contributed by atoms with Crippen molar-refractivity contribution in [2.24, 2.45) is 5.92 Å². The van der Waals surface area contributed by atoms with Gasteiger partial charge in [0.15, 0.2) is 0 Å². The molecule has 1 nitrogen and oxygen atoms in total. The fraction of sp³-hybridized carbons (Fsp3) is 0.625. The first-order chi connectivity index (χ1) is 9.79. The summed E-state index contributed by atoms with van der Waals surface area (Å²) in [4.78, 5) is 0. The Morgan fingerprint density at radius 3 is 2.43 bits per heavy atom. The highest BCUT2D eigenvalue weighted by Crippen LogP contribution is 2.38. The van der Waals surface area contributed by atoms with Gasteiger partial charge in [0.25, 0.3) is 0 Å². The molecule has 0 bridgehead atoms. The van der Waals surface area contributed by atoms with Gasteiger partial charge in [-0.2, -0.15) is 13.2 Å². The predicted octanol–water partition coefficient (Wildman–Crippen LogP) is 6.11. The van der Waals surface area contributed by atoms with Crippen molar-refractivity contribution in [3.63, 3.8) is 0 Å². The average molecular weight is 367 g/mol. The summed E-state index contributed by atoms with van der Waals surface area (Å²) in [6.07, 6.45) is -1.24. The third kappa shape index (κ3) is 5.62. The van der Waals surface area contributed by atoms with E-state index in [0.29, 0.717) is 10.9 Å². The van der Waals surface area contributed by atoms with Crippen LogP contribution in [0.5, 0.6) is 0 Å².